The van der Waals surface area contributed by atoms with Crippen LogP contribution in [0.3, 0.4) is 0 Å². The number of fused-ring (bicyclic) bond motifs is 3. The summed E-state index contributed by atoms with van der Waals surface area (Å²) in [5.41, 5.74) is 4.53. The zero-order valence-electron chi connectivity index (χ0n) is 17.2. The molecular weight excluding hydrogens is 424 g/mol. The molecule has 32 heavy (non-hydrogen) atoms. The van der Waals surface area contributed by atoms with E-state index in [0.29, 0.717) is 23.0 Å². The molecule has 1 amide bonds. The van der Waals surface area contributed by atoms with Gasteiger partial charge in [0.25, 0.3) is 0 Å². The van der Waals surface area contributed by atoms with E-state index in [1.54, 1.807) is 31.2 Å². The molecule has 0 atom stereocenters. The lowest BCUT2D eigenvalue weighted by atomic mass is 10.0. The second-order valence-electron chi connectivity index (χ2n) is 7.14. The highest BCUT2D eigenvalue weighted by Crippen LogP contribution is 2.44. The van der Waals surface area contributed by atoms with Crippen molar-refractivity contribution < 1.29 is 14.3 Å². The Morgan fingerprint density at radius 1 is 0.969 bits per heavy atom. The number of thioether (sulfide) groups is 1. The van der Waals surface area contributed by atoms with Gasteiger partial charge in [0.1, 0.15) is 11.4 Å². The molecule has 0 bridgehead atoms. The predicted molar refractivity (Wildman–Crippen MR) is 124 cm³/mol. The first kappa shape index (κ1) is 20.1. The van der Waals surface area contributed by atoms with Gasteiger partial charge in [0.05, 0.1) is 17.9 Å². The fourth-order valence-corrected chi connectivity index (χ4v) is 4.33. The van der Waals surface area contributed by atoms with E-state index in [1.165, 1.54) is 11.8 Å². The highest BCUT2D eigenvalue weighted by Gasteiger charge is 2.25. The monoisotopic (exact) mass is 442 g/mol. The number of hydrogen-bond acceptors (Lipinski definition) is 7. The first-order chi connectivity index (χ1) is 15.6. The quantitative estimate of drug-likeness (QED) is 0.304. The van der Waals surface area contributed by atoms with Crippen molar-refractivity contribution in [2.24, 2.45) is 0 Å². The maximum Gasteiger partial charge on any atom is 0.338 e. The van der Waals surface area contributed by atoms with Crippen molar-refractivity contribution in [1.82, 2.24) is 15.2 Å². The molecule has 1 heterocycles. The Morgan fingerprint density at radius 3 is 2.50 bits per heavy atom. The topological polar surface area (TPSA) is 94.1 Å². The smallest absolute Gasteiger partial charge is 0.338 e. The number of benzene rings is 3. The normalized spacial score (nSPS) is 11.3. The number of carbonyl (C=O) groups is 2. The predicted octanol–water partition coefficient (Wildman–Crippen LogP) is 4.58. The second kappa shape index (κ2) is 8.39. The minimum Gasteiger partial charge on any atom is -0.462 e. The molecule has 1 aromatic heterocycles. The Hall–Kier alpha value is -3.78. The lowest BCUT2D eigenvalue weighted by Crippen LogP contribution is -2.15. The molecule has 5 rings (SSSR count). The molecule has 158 valence electrons. The number of aromatic nitrogens is 3. The highest BCUT2D eigenvalue weighted by atomic mass is 32.2. The Morgan fingerprint density at radius 2 is 1.72 bits per heavy atom. The molecule has 7 nitrogen and oxygen atoms in total. The van der Waals surface area contributed by atoms with Gasteiger partial charge in [-0.15, -0.1) is 10.2 Å². The van der Waals surface area contributed by atoms with E-state index in [0.717, 1.165) is 33.3 Å². The largest absolute Gasteiger partial charge is 0.462 e. The molecule has 8 heteroatoms. The van der Waals surface area contributed by atoms with E-state index >= 15 is 0 Å². The number of ether oxygens (including phenoxy) is 1. The number of nitrogens with one attached hydrogen (secondary N) is 1. The summed E-state index contributed by atoms with van der Waals surface area (Å²) in [5, 5.41) is 14.1. The zero-order valence-corrected chi connectivity index (χ0v) is 18.0. The molecule has 0 aliphatic heterocycles. The molecule has 1 aliphatic carbocycles. The summed E-state index contributed by atoms with van der Waals surface area (Å²) in [6, 6.07) is 18.8. The summed E-state index contributed by atoms with van der Waals surface area (Å²) in [4.78, 5) is 29.0. The van der Waals surface area contributed by atoms with E-state index < -0.39 is 5.97 Å². The van der Waals surface area contributed by atoms with E-state index in [1.807, 2.05) is 24.3 Å². The van der Waals surface area contributed by atoms with Crippen molar-refractivity contribution in [1.29, 1.82) is 0 Å². The van der Waals surface area contributed by atoms with Gasteiger partial charge in [-0.2, -0.15) is 0 Å². The van der Waals surface area contributed by atoms with Crippen molar-refractivity contribution in [2.45, 2.75) is 12.1 Å². The van der Waals surface area contributed by atoms with Crippen LogP contribution in [0.4, 0.5) is 5.69 Å². The van der Waals surface area contributed by atoms with Crippen LogP contribution in [0.15, 0.2) is 65.8 Å². The van der Waals surface area contributed by atoms with Crippen LogP contribution in [-0.2, 0) is 9.53 Å². The summed E-state index contributed by atoms with van der Waals surface area (Å²) in [7, 11) is 0. The van der Waals surface area contributed by atoms with Gasteiger partial charge in [-0.3, -0.25) is 4.79 Å². The van der Waals surface area contributed by atoms with Crippen molar-refractivity contribution in [3.8, 4) is 22.5 Å². The van der Waals surface area contributed by atoms with Crippen LogP contribution in [0.1, 0.15) is 17.3 Å². The third-order valence-corrected chi connectivity index (χ3v) is 5.91. The molecule has 1 aliphatic rings. The van der Waals surface area contributed by atoms with Gasteiger partial charge >= 0.3 is 5.97 Å². The van der Waals surface area contributed by atoms with Crippen molar-refractivity contribution >= 4 is 40.1 Å². The fourth-order valence-electron chi connectivity index (χ4n) is 3.74. The Bertz CT molecular complexity index is 1370. The second-order valence-corrected chi connectivity index (χ2v) is 8.08. The number of carbonyl (C=O) groups excluding carboxylic acids is 2. The molecular formula is C24H18N4O3S. The Labute approximate surface area is 188 Å². The van der Waals surface area contributed by atoms with E-state index in [-0.39, 0.29) is 11.7 Å². The molecule has 4 aromatic rings. The minimum absolute atomic E-state index is 0.112. The van der Waals surface area contributed by atoms with Gasteiger partial charge in [-0.1, -0.05) is 54.2 Å². The first-order valence-corrected chi connectivity index (χ1v) is 11.1. The summed E-state index contributed by atoms with van der Waals surface area (Å²) < 4.78 is 4.99. The van der Waals surface area contributed by atoms with Crippen LogP contribution >= 0.6 is 11.8 Å². The molecule has 0 saturated carbocycles. The van der Waals surface area contributed by atoms with Crippen LogP contribution in [-0.4, -0.2) is 39.4 Å². The molecule has 0 saturated heterocycles. The van der Waals surface area contributed by atoms with Gasteiger partial charge in [-0.25, -0.2) is 9.78 Å². The molecule has 1 N–H and O–H groups in total. The number of anilines is 1. The number of amides is 1. The number of rotatable bonds is 6. The third kappa shape index (κ3) is 3.69. The molecule has 3 aromatic carbocycles. The summed E-state index contributed by atoms with van der Waals surface area (Å²) in [6.45, 7) is 2.04. The SMILES string of the molecule is CCOC(=O)c1cccc(NC(=O)CSc2nnc3c(n2)-c2cccc4cccc-3c24)c1. The van der Waals surface area contributed by atoms with Crippen LogP contribution in [0.25, 0.3) is 33.3 Å². The van der Waals surface area contributed by atoms with Crippen LogP contribution < -0.4 is 5.32 Å². The Balaban J connectivity index is 1.29. The average Bonchev–Trinajstić information content (AvgIpc) is 3.13. The fraction of sp³-hybridized carbons (Fsp3) is 0.125. The molecule has 0 spiro atoms. The van der Waals surface area contributed by atoms with Gasteiger partial charge < -0.3 is 10.1 Å². The lowest BCUT2D eigenvalue weighted by molar-refractivity contribution is -0.113. The third-order valence-electron chi connectivity index (χ3n) is 5.07. The summed E-state index contributed by atoms with van der Waals surface area (Å²) in [6.07, 6.45) is 0. The first-order valence-electron chi connectivity index (χ1n) is 10.1. The number of nitrogens with zero attached hydrogens (tertiary/aromatic N) is 3. The number of esters is 1. The van der Waals surface area contributed by atoms with E-state index in [9.17, 15) is 9.59 Å². The van der Waals surface area contributed by atoms with Crippen molar-refractivity contribution in [3.05, 3.63) is 66.2 Å². The van der Waals surface area contributed by atoms with E-state index in [4.69, 9.17) is 4.74 Å². The van der Waals surface area contributed by atoms with Gasteiger partial charge in [-0.05, 0) is 30.5 Å². The summed E-state index contributed by atoms with van der Waals surface area (Å²) in [5.74, 6) is -0.543. The van der Waals surface area contributed by atoms with Gasteiger partial charge in [0, 0.05) is 22.2 Å². The van der Waals surface area contributed by atoms with Crippen LogP contribution in [0, 0.1) is 0 Å². The lowest BCUT2D eigenvalue weighted by Gasteiger charge is -2.07. The van der Waals surface area contributed by atoms with Gasteiger partial charge in [0.15, 0.2) is 0 Å². The maximum atomic E-state index is 12.4. The highest BCUT2D eigenvalue weighted by molar-refractivity contribution is 7.99. The molecule has 0 fully saturated rings. The number of hydrogen-bond donors (Lipinski definition) is 1. The van der Waals surface area contributed by atoms with Crippen LogP contribution in [0.5, 0.6) is 0 Å². The van der Waals surface area contributed by atoms with Gasteiger partial charge in [0.2, 0.25) is 11.1 Å². The standard InChI is InChI=1S/C24H18N4O3S/c1-2-31-23(30)15-8-3-9-16(12-15)25-19(29)13-32-24-26-21-17-10-4-6-14-7-5-11-18(20(14)17)22(21)27-28-24/h3-12H,2,13H2,1H3,(H,25,29). The average molecular weight is 443 g/mol. The molecule has 0 unspecified atom stereocenters. The maximum absolute atomic E-state index is 12.4. The minimum atomic E-state index is -0.424. The van der Waals surface area contributed by atoms with E-state index in [2.05, 4.69) is 32.6 Å². The Kier molecular flexibility index (Phi) is 5.28. The van der Waals surface area contributed by atoms with Crippen LogP contribution in [0.2, 0.25) is 0 Å². The van der Waals surface area contributed by atoms with Crippen molar-refractivity contribution in [2.75, 3.05) is 17.7 Å². The van der Waals surface area contributed by atoms with Crippen molar-refractivity contribution in [3.63, 3.8) is 0 Å². The zero-order chi connectivity index (χ0) is 22.1. The summed E-state index contributed by atoms with van der Waals surface area (Å²) >= 11 is 1.21. The molecule has 0 radical (unpaired) electrons.